The van der Waals surface area contributed by atoms with Gasteiger partial charge in [0.2, 0.25) is 0 Å². The molecule has 0 atom stereocenters. The number of para-hydroxylation sites is 2. The van der Waals surface area contributed by atoms with Gasteiger partial charge in [-0.15, -0.1) is 0 Å². The molecule has 0 radical (unpaired) electrons. The number of benzene rings is 2. The molecule has 4 heteroatoms. The van der Waals surface area contributed by atoms with Crippen molar-refractivity contribution in [2.45, 2.75) is 13.8 Å². The van der Waals surface area contributed by atoms with Gasteiger partial charge in [-0.1, -0.05) is 59.6 Å². The fraction of sp³-hybridized carbons (Fsp3) is 0.125. The molecule has 102 valence electrons. The normalized spacial score (nSPS) is 12.6. The van der Waals surface area contributed by atoms with Crippen molar-refractivity contribution < 1.29 is 0 Å². The first kappa shape index (κ1) is 14.8. The molecule has 2 aromatic rings. The molecule has 20 heavy (non-hydrogen) atoms. The van der Waals surface area contributed by atoms with Crippen LogP contribution in [-0.2, 0) is 0 Å². The summed E-state index contributed by atoms with van der Waals surface area (Å²) in [4.78, 5) is 8.61. The van der Waals surface area contributed by atoms with E-state index in [-0.39, 0.29) is 10.3 Å². The highest BCUT2D eigenvalue weighted by Crippen LogP contribution is 2.21. The summed E-state index contributed by atoms with van der Waals surface area (Å²) >= 11 is 12.3. The molecule has 0 heterocycles. The van der Waals surface area contributed by atoms with Crippen molar-refractivity contribution in [3.63, 3.8) is 0 Å². The second-order valence-electron chi connectivity index (χ2n) is 4.38. The molecular formula is C16H14Cl2N2. The average Bonchev–Trinajstić information content (AvgIpc) is 2.43. The third-order valence-electron chi connectivity index (χ3n) is 2.84. The Kier molecular flexibility index (Phi) is 4.94. The maximum absolute atomic E-state index is 6.13. The summed E-state index contributed by atoms with van der Waals surface area (Å²) in [5.74, 6) is 0. The Morgan fingerprint density at radius 2 is 1.05 bits per heavy atom. The Hall–Kier alpha value is -1.64. The first-order valence-corrected chi connectivity index (χ1v) is 6.93. The summed E-state index contributed by atoms with van der Waals surface area (Å²) < 4.78 is 0. The van der Waals surface area contributed by atoms with Crippen molar-refractivity contribution in [3.05, 3.63) is 59.7 Å². The summed E-state index contributed by atoms with van der Waals surface area (Å²) in [6.45, 7) is 3.94. The van der Waals surface area contributed by atoms with E-state index < -0.39 is 0 Å². The quantitative estimate of drug-likeness (QED) is 0.665. The Morgan fingerprint density at radius 3 is 1.40 bits per heavy atom. The number of hydrogen-bond acceptors (Lipinski definition) is 2. The third kappa shape index (κ3) is 3.69. The van der Waals surface area contributed by atoms with Gasteiger partial charge in [0.25, 0.3) is 0 Å². The fourth-order valence-corrected chi connectivity index (χ4v) is 1.95. The molecule has 0 amide bonds. The van der Waals surface area contributed by atoms with Crippen LogP contribution >= 0.6 is 23.2 Å². The lowest BCUT2D eigenvalue weighted by molar-refractivity contribution is 1.40. The zero-order chi connectivity index (χ0) is 14.5. The molecule has 0 aliphatic heterocycles. The van der Waals surface area contributed by atoms with Crippen molar-refractivity contribution in [1.82, 2.24) is 0 Å². The Bertz CT molecular complexity index is 616. The van der Waals surface area contributed by atoms with Crippen LogP contribution in [0.5, 0.6) is 0 Å². The minimum Gasteiger partial charge on any atom is -0.233 e. The Morgan fingerprint density at radius 1 is 0.700 bits per heavy atom. The van der Waals surface area contributed by atoms with Crippen LogP contribution in [0.4, 0.5) is 11.4 Å². The molecule has 0 spiro atoms. The number of aliphatic imine (C=N–C) groups is 2. The van der Waals surface area contributed by atoms with Crippen LogP contribution in [0, 0.1) is 13.8 Å². The van der Waals surface area contributed by atoms with E-state index in [2.05, 4.69) is 9.98 Å². The smallest absolute Gasteiger partial charge is 0.166 e. The molecule has 0 saturated heterocycles. The van der Waals surface area contributed by atoms with Gasteiger partial charge in [-0.25, -0.2) is 9.98 Å². The van der Waals surface area contributed by atoms with Gasteiger partial charge in [-0.3, -0.25) is 0 Å². The van der Waals surface area contributed by atoms with Crippen molar-refractivity contribution in [2.24, 2.45) is 9.98 Å². The van der Waals surface area contributed by atoms with Crippen LogP contribution in [0.2, 0.25) is 0 Å². The zero-order valence-corrected chi connectivity index (χ0v) is 12.8. The summed E-state index contributed by atoms with van der Waals surface area (Å²) in [5, 5.41) is 0.369. The predicted molar refractivity (Wildman–Crippen MR) is 88.3 cm³/mol. The fourth-order valence-electron chi connectivity index (χ4n) is 1.68. The van der Waals surface area contributed by atoms with Crippen LogP contribution in [0.15, 0.2) is 58.5 Å². The summed E-state index contributed by atoms with van der Waals surface area (Å²) in [6.07, 6.45) is 0. The van der Waals surface area contributed by atoms with E-state index in [0.717, 1.165) is 22.5 Å². The van der Waals surface area contributed by atoms with Crippen molar-refractivity contribution in [3.8, 4) is 0 Å². The Labute approximate surface area is 128 Å². The van der Waals surface area contributed by atoms with E-state index in [1.807, 2.05) is 62.4 Å². The highest BCUT2D eigenvalue weighted by Gasteiger charge is 2.05. The van der Waals surface area contributed by atoms with Gasteiger partial charge in [0, 0.05) is 0 Å². The maximum Gasteiger partial charge on any atom is 0.166 e. The zero-order valence-electron chi connectivity index (χ0n) is 11.3. The van der Waals surface area contributed by atoms with Gasteiger partial charge in [0.1, 0.15) is 0 Å². The summed E-state index contributed by atoms with van der Waals surface area (Å²) in [6, 6.07) is 15.4. The highest BCUT2D eigenvalue weighted by atomic mass is 35.5. The molecule has 0 unspecified atom stereocenters. The number of rotatable bonds is 3. The number of hydrogen-bond donors (Lipinski definition) is 0. The monoisotopic (exact) mass is 304 g/mol. The van der Waals surface area contributed by atoms with Gasteiger partial charge in [-0.05, 0) is 37.1 Å². The molecular weight excluding hydrogens is 291 g/mol. The van der Waals surface area contributed by atoms with Crippen LogP contribution in [0.3, 0.4) is 0 Å². The van der Waals surface area contributed by atoms with E-state index in [1.165, 1.54) is 0 Å². The largest absolute Gasteiger partial charge is 0.233 e. The van der Waals surface area contributed by atoms with Gasteiger partial charge in [0.15, 0.2) is 10.3 Å². The van der Waals surface area contributed by atoms with E-state index in [4.69, 9.17) is 23.2 Å². The molecule has 0 aliphatic rings. The molecule has 0 aliphatic carbocycles. The molecule has 0 fully saturated rings. The standard InChI is InChI=1S/C16H14Cl2N2/c1-11-7-3-5-9-13(11)19-15(17)16(18)20-14-10-6-4-8-12(14)2/h3-10H,1-2H3. The first-order valence-electron chi connectivity index (χ1n) is 6.18. The third-order valence-corrected chi connectivity index (χ3v) is 3.46. The molecule has 0 saturated carbocycles. The average molecular weight is 305 g/mol. The second kappa shape index (κ2) is 6.69. The van der Waals surface area contributed by atoms with E-state index >= 15 is 0 Å². The van der Waals surface area contributed by atoms with E-state index in [0.29, 0.717) is 0 Å². The SMILES string of the molecule is Cc1ccccc1N=C(Cl)C(Cl)=Nc1ccccc1C. The van der Waals surface area contributed by atoms with Gasteiger partial charge in [-0.2, -0.15) is 0 Å². The Balaban J connectivity index is 2.32. The lowest BCUT2D eigenvalue weighted by Crippen LogP contribution is -1.98. The number of nitrogens with zero attached hydrogens (tertiary/aromatic N) is 2. The predicted octanol–water partition coefficient (Wildman–Crippen LogP) is 5.54. The minimum atomic E-state index is 0.184. The first-order chi connectivity index (χ1) is 9.58. The van der Waals surface area contributed by atoms with Crippen LogP contribution in [-0.4, -0.2) is 10.3 Å². The highest BCUT2D eigenvalue weighted by molar-refractivity contribution is 7.00. The number of halogens is 2. The van der Waals surface area contributed by atoms with E-state index in [9.17, 15) is 0 Å². The van der Waals surface area contributed by atoms with Gasteiger partial charge in [0.05, 0.1) is 11.4 Å². The maximum atomic E-state index is 6.13. The van der Waals surface area contributed by atoms with Crippen LogP contribution in [0.25, 0.3) is 0 Å². The molecule has 2 rings (SSSR count). The summed E-state index contributed by atoms with van der Waals surface area (Å²) in [5.41, 5.74) is 3.64. The minimum absolute atomic E-state index is 0.184. The molecule has 0 N–H and O–H groups in total. The topological polar surface area (TPSA) is 24.7 Å². The van der Waals surface area contributed by atoms with E-state index in [1.54, 1.807) is 0 Å². The van der Waals surface area contributed by atoms with Gasteiger partial charge < -0.3 is 0 Å². The lowest BCUT2D eigenvalue weighted by Gasteiger charge is -2.02. The van der Waals surface area contributed by atoms with Crippen molar-refractivity contribution in [1.29, 1.82) is 0 Å². The molecule has 0 bridgehead atoms. The van der Waals surface area contributed by atoms with Crippen LogP contribution < -0.4 is 0 Å². The summed E-state index contributed by atoms with van der Waals surface area (Å²) in [7, 11) is 0. The van der Waals surface area contributed by atoms with Crippen molar-refractivity contribution in [2.75, 3.05) is 0 Å². The lowest BCUT2D eigenvalue weighted by atomic mass is 10.2. The van der Waals surface area contributed by atoms with Crippen LogP contribution in [0.1, 0.15) is 11.1 Å². The number of aryl methyl sites for hydroxylation is 2. The molecule has 2 aromatic carbocycles. The second-order valence-corrected chi connectivity index (χ2v) is 5.09. The van der Waals surface area contributed by atoms with Crippen molar-refractivity contribution >= 4 is 44.9 Å². The molecule has 2 nitrogen and oxygen atoms in total. The molecule has 0 aromatic heterocycles. The van der Waals surface area contributed by atoms with Gasteiger partial charge >= 0.3 is 0 Å².